The van der Waals surface area contributed by atoms with E-state index in [1.54, 1.807) is 28.4 Å². The summed E-state index contributed by atoms with van der Waals surface area (Å²) in [6, 6.07) is 11.2. The van der Waals surface area contributed by atoms with Gasteiger partial charge in [-0.2, -0.15) is 0 Å². The van der Waals surface area contributed by atoms with Crippen LogP contribution in [0, 0.1) is 0 Å². The fraction of sp³-hybridized carbons (Fsp3) is 0.333. The zero-order chi connectivity index (χ0) is 17.9. The van der Waals surface area contributed by atoms with Crippen LogP contribution in [0.1, 0.15) is 11.1 Å². The molecule has 0 fully saturated rings. The molecule has 6 nitrogen and oxygen atoms in total. The van der Waals surface area contributed by atoms with Crippen LogP contribution in [0.5, 0.6) is 23.0 Å². The van der Waals surface area contributed by atoms with Crippen LogP contribution >= 0.6 is 0 Å². The van der Waals surface area contributed by atoms with Crippen LogP contribution < -0.4 is 30.4 Å². The summed E-state index contributed by atoms with van der Waals surface area (Å²) in [7, 11) is 6.46. The second-order valence-electron chi connectivity index (χ2n) is 4.78. The maximum atomic E-state index is 5.50. The highest BCUT2D eigenvalue weighted by Gasteiger charge is 2.03. The van der Waals surface area contributed by atoms with Crippen molar-refractivity contribution in [2.24, 2.45) is 11.5 Å². The molecule has 24 heavy (non-hydrogen) atoms. The smallest absolute Gasteiger partial charge is 0.161 e. The SMILES string of the molecule is COc1ccc(CN)c(OC)c1.COc1ccc(CN)cc1OC. The largest absolute Gasteiger partial charge is 0.497 e. The molecule has 2 rings (SSSR count). The molecule has 0 aliphatic heterocycles. The lowest BCUT2D eigenvalue weighted by atomic mass is 10.2. The van der Waals surface area contributed by atoms with Gasteiger partial charge in [-0.3, -0.25) is 0 Å². The zero-order valence-corrected chi connectivity index (χ0v) is 14.7. The minimum atomic E-state index is 0.479. The lowest BCUT2D eigenvalue weighted by molar-refractivity contribution is 0.354. The summed E-state index contributed by atoms with van der Waals surface area (Å²) in [5, 5.41) is 0. The summed E-state index contributed by atoms with van der Waals surface area (Å²) < 4.78 is 20.3. The fourth-order valence-electron chi connectivity index (χ4n) is 2.03. The van der Waals surface area contributed by atoms with Crippen LogP contribution in [-0.4, -0.2) is 28.4 Å². The third-order valence-corrected chi connectivity index (χ3v) is 3.40. The number of ether oxygens (including phenoxy) is 4. The first-order chi connectivity index (χ1) is 11.6. The molecular weight excluding hydrogens is 308 g/mol. The minimum absolute atomic E-state index is 0.479. The van der Waals surface area contributed by atoms with Crippen molar-refractivity contribution in [2.75, 3.05) is 28.4 Å². The molecular formula is C18H26N2O4. The molecule has 0 bridgehead atoms. The third kappa shape index (κ3) is 5.33. The van der Waals surface area contributed by atoms with E-state index in [9.17, 15) is 0 Å². The Kier molecular flexibility index (Phi) is 8.46. The van der Waals surface area contributed by atoms with Gasteiger partial charge in [-0.1, -0.05) is 12.1 Å². The molecule has 0 amide bonds. The molecule has 0 saturated carbocycles. The van der Waals surface area contributed by atoms with Gasteiger partial charge in [0.25, 0.3) is 0 Å². The van der Waals surface area contributed by atoms with Gasteiger partial charge in [0.2, 0.25) is 0 Å². The Labute approximate surface area is 143 Å². The molecule has 6 heteroatoms. The molecule has 0 atom stereocenters. The van der Waals surface area contributed by atoms with Gasteiger partial charge in [0.15, 0.2) is 11.5 Å². The number of nitrogens with two attached hydrogens (primary N) is 2. The van der Waals surface area contributed by atoms with E-state index in [2.05, 4.69) is 0 Å². The van der Waals surface area contributed by atoms with E-state index in [4.69, 9.17) is 30.4 Å². The molecule has 0 saturated heterocycles. The van der Waals surface area contributed by atoms with Crippen LogP contribution in [0.2, 0.25) is 0 Å². The van der Waals surface area contributed by atoms with Crippen LogP contribution in [0.4, 0.5) is 0 Å². The maximum Gasteiger partial charge on any atom is 0.161 e. The lowest BCUT2D eigenvalue weighted by Gasteiger charge is -2.07. The fourth-order valence-corrected chi connectivity index (χ4v) is 2.03. The summed E-state index contributed by atoms with van der Waals surface area (Å²) in [5.41, 5.74) is 13.0. The number of benzene rings is 2. The van der Waals surface area contributed by atoms with Crippen LogP contribution in [0.3, 0.4) is 0 Å². The van der Waals surface area contributed by atoms with Crippen molar-refractivity contribution >= 4 is 0 Å². The van der Waals surface area contributed by atoms with Crippen LogP contribution in [-0.2, 0) is 13.1 Å². The van der Waals surface area contributed by atoms with Gasteiger partial charge in [0, 0.05) is 24.7 Å². The van der Waals surface area contributed by atoms with Gasteiger partial charge in [-0.25, -0.2) is 0 Å². The number of hydrogen-bond acceptors (Lipinski definition) is 6. The van der Waals surface area contributed by atoms with E-state index in [0.29, 0.717) is 13.1 Å². The van der Waals surface area contributed by atoms with Gasteiger partial charge >= 0.3 is 0 Å². The van der Waals surface area contributed by atoms with E-state index >= 15 is 0 Å². The lowest BCUT2D eigenvalue weighted by Crippen LogP contribution is -1.99. The average Bonchev–Trinajstić information content (AvgIpc) is 2.67. The summed E-state index contributed by atoms with van der Waals surface area (Å²) in [5.74, 6) is 3.01. The molecule has 0 unspecified atom stereocenters. The quantitative estimate of drug-likeness (QED) is 0.843. The molecule has 0 aliphatic carbocycles. The Hall–Kier alpha value is -2.44. The predicted octanol–water partition coefficient (Wildman–Crippen LogP) is 2.33. The van der Waals surface area contributed by atoms with Crippen LogP contribution in [0.15, 0.2) is 36.4 Å². The minimum Gasteiger partial charge on any atom is -0.497 e. The summed E-state index contributed by atoms with van der Waals surface area (Å²) >= 11 is 0. The summed E-state index contributed by atoms with van der Waals surface area (Å²) in [6.45, 7) is 0.994. The number of rotatable bonds is 6. The highest BCUT2D eigenvalue weighted by Crippen LogP contribution is 2.27. The molecule has 0 spiro atoms. The molecule has 0 radical (unpaired) electrons. The molecule has 2 aromatic rings. The Morgan fingerprint density at radius 1 is 0.667 bits per heavy atom. The first-order valence-electron chi connectivity index (χ1n) is 7.45. The summed E-state index contributed by atoms with van der Waals surface area (Å²) in [6.07, 6.45) is 0. The topological polar surface area (TPSA) is 89.0 Å². The first kappa shape index (κ1) is 19.6. The molecule has 132 valence electrons. The predicted molar refractivity (Wildman–Crippen MR) is 94.9 cm³/mol. The van der Waals surface area contributed by atoms with Gasteiger partial charge < -0.3 is 30.4 Å². The van der Waals surface area contributed by atoms with Crippen molar-refractivity contribution in [3.05, 3.63) is 47.5 Å². The highest BCUT2D eigenvalue weighted by molar-refractivity contribution is 5.42. The second kappa shape index (κ2) is 10.4. The monoisotopic (exact) mass is 334 g/mol. The summed E-state index contributed by atoms with van der Waals surface area (Å²) in [4.78, 5) is 0. The van der Waals surface area contributed by atoms with Crippen molar-refractivity contribution in [1.82, 2.24) is 0 Å². The molecule has 2 aromatic carbocycles. The van der Waals surface area contributed by atoms with Gasteiger partial charge in [-0.05, 0) is 23.8 Å². The molecule has 4 N–H and O–H groups in total. The first-order valence-corrected chi connectivity index (χ1v) is 7.45. The van der Waals surface area contributed by atoms with Crippen molar-refractivity contribution in [1.29, 1.82) is 0 Å². The van der Waals surface area contributed by atoms with Gasteiger partial charge in [0.1, 0.15) is 11.5 Å². The molecule has 0 heterocycles. The molecule has 0 aliphatic rings. The Morgan fingerprint density at radius 3 is 1.83 bits per heavy atom. The van der Waals surface area contributed by atoms with Gasteiger partial charge in [-0.15, -0.1) is 0 Å². The number of methoxy groups -OCH3 is 4. The standard InChI is InChI=1S/2C9H13NO2/c1-11-8-4-3-7(6-10)9(5-8)12-2;1-11-8-4-3-7(6-10)5-9(8)12-2/h2*3-5H,6,10H2,1-2H3. The van der Waals surface area contributed by atoms with E-state index in [1.165, 1.54) is 0 Å². The van der Waals surface area contributed by atoms with E-state index in [-0.39, 0.29) is 0 Å². The normalized spacial score (nSPS) is 9.58. The zero-order valence-electron chi connectivity index (χ0n) is 14.7. The Bertz CT molecular complexity index is 577. The maximum absolute atomic E-state index is 5.50. The Morgan fingerprint density at radius 2 is 1.33 bits per heavy atom. The second-order valence-corrected chi connectivity index (χ2v) is 4.78. The average molecular weight is 334 g/mol. The Balaban J connectivity index is 0.000000240. The van der Waals surface area contributed by atoms with E-state index in [1.807, 2.05) is 36.4 Å². The van der Waals surface area contributed by atoms with Crippen molar-refractivity contribution in [3.63, 3.8) is 0 Å². The van der Waals surface area contributed by atoms with Gasteiger partial charge in [0.05, 0.1) is 28.4 Å². The van der Waals surface area contributed by atoms with Crippen molar-refractivity contribution in [3.8, 4) is 23.0 Å². The van der Waals surface area contributed by atoms with E-state index in [0.717, 1.165) is 34.1 Å². The van der Waals surface area contributed by atoms with Crippen LogP contribution in [0.25, 0.3) is 0 Å². The van der Waals surface area contributed by atoms with Crippen molar-refractivity contribution in [2.45, 2.75) is 13.1 Å². The van der Waals surface area contributed by atoms with Crippen molar-refractivity contribution < 1.29 is 18.9 Å². The highest BCUT2D eigenvalue weighted by atomic mass is 16.5. The third-order valence-electron chi connectivity index (χ3n) is 3.40. The molecule has 0 aromatic heterocycles. The number of hydrogen-bond donors (Lipinski definition) is 2. The van der Waals surface area contributed by atoms with E-state index < -0.39 is 0 Å².